The molecule has 1 aromatic heterocycles. The van der Waals surface area contributed by atoms with E-state index in [-0.39, 0.29) is 0 Å². The van der Waals surface area contributed by atoms with Crippen LogP contribution in [0.5, 0.6) is 5.75 Å². The SMILES string of the molecule is Nc1ncnc2cc(OCCCN3CCNCC3)ccc12. The smallest absolute Gasteiger partial charge is 0.134 e. The average molecular weight is 287 g/mol. The van der Waals surface area contributed by atoms with E-state index < -0.39 is 0 Å². The molecule has 6 heteroatoms. The molecule has 1 aliphatic rings. The molecular formula is C15H21N5O. The van der Waals surface area contributed by atoms with E-state index in [1.807, 2.05) is 18.2 Å². The first-order valence-corrected chi connectivity index (χ1v) is 7.39. The molecule has 3 rings (SSSR count). The maximum absolute atomic E-state index is 5.81. The van der Waals surface area contributed by atoms with Crippen molar-refractivity contribution >= 4 is 16.7 Å². The Hall–Kier alpha value is -1.92. The number of anilines is 1. The van der Waals surface area contributed by atoms with Crippen molar-refractivity contribution in [1.82, 2.24) is 20.2 Å². The van der Waals surface area contributed by atoms with Crippen LogP contribution in [0.1, 0.15) is 6.42 Å². The van der Waals surface area contributed by atoms with Crippen LogP contribution in [0.4, 0.5) is 5.82 Å². The Labute approximate surface area is 124 Å². The lowest BCUT2D eigenvalue weighted by atomic mass is 10.2. The summed E-state index contributed by atoms with van der Waals surface area (Å²) in [6, 6.07) is 5.75. The molecule has 2 aromatic rings. The van der Waals surface area contributed by atoms with Crippen molar-refractivity contribution in [3.63, 3.8) is 0 Å². The summed E-state index contributed by atoms with van der Waals surface area (Å²) < 4.78 is 5.80. The number of piperazine rings is 1. The van der Waals surface area contributed by atoms with Gasteiger partial charge in [0.15, 0.2) is 0 Å². The summed E-state index contributed by atoms with van der Waals surface area (Å²) in [6.45, 7) is 6.25. The number of fused-ring (bicyclic) bond motifs is 1. The molecule has 112 valence electrons. The summed E-state index contributed by atoms with van der Waals surface area (Å²) in [5.41, 5.74) is 6.63. The van der Waals surface area contributed by atoms with Crippen LogP contribution in [0.15, 0.2) is 24.5 Å². The summed E-state index contributed by atoms with van der Waals surface area (Å²) in [4.78, 5) is 10.7. The molecule has 1 aliphatic heterocycles. The van der Waals surface area contributed by atoms with E-state index >= 15 is 0 Å². The van der Waals surface area contributed by atoms with Crippen LogP contribution >= 0.6 is 0 Å². The zero-order valence-electron chi connectivity index (χ0n) is 12.1. The van der Waals surface area contributed by atoms with Crippen molar-refractivity contribution in [2.24, 2.45) is 0 Å². The zero-order valence-corrected chi connectivity index (χ0v) is 12.1. The van der Waals surface area contributed by atoms with E-state index in [4.69, 9.17) is 10.5 Å². The maximum Gasteiger partial charge on any atom is 0.134 e. The van der Waals surface area contributed by atoms with Crippen molar-refractivity contribution in [3.05, 3.63) is 24.5 Å². The molecule has 0 spiro atoms. The van der Waals surface area contributed by atoms with Gasteiger partial charge in [-0.15, -0.1) is 0 Å². The second kappa shape index (κ2) is 6.69. The van der Waals surface area contributed by atoms with Gasteiger partial charge in [-0.3, -0.25) is 0 Å². The highest BCUT2D eigenvalue weighted by atomic mass is 16.5. The average Bonchev–Trinajstić information content (AvgIpc) is 2.53. The minimum Gasteiger partial charge on any atom is -0.493 e. The lowest BCUT2D eigenvalue weighted by Crippen LogP contribution is -2.43. The van der Waals surface area contributed by atoms with Gasteiger partial charge in [0.05, 0.1) is 12.1 Å². The first-order valence-electron chi connectivity index (χ1n) is 7.39. The summed E-state index contributed by atoms with van der Waals surface area (Å²) in [5.74, 6) is 1.34. The standard InChI is InChI=1S/C15H21N5O/c16-15-13-3-2-12(10-14(13)18-11-19-15)21-9-1-6-20-7-4-17-5-8-20/h2-3,10-11,17H,1,4-9H2,(H2,16,18,19). The Balaban J connectivity index is 1.51. The van der Waals surface area contributed by atoms with Gasteiger partial charge in [0.1, 0.15) is 17.9 Å². The molecule has 0 atom stereocenters. The second-order valence-corrected chi connectivity index (χ2v) is 5.23. The fraction of sp³-hybridized carbons (Fsp3) is 0.467. The molecule has 1 fully saturated rings. The maximum atomic E-state index is 5.81. The van der Waals surface area contributed by atoms with Gasteiger partial charge in [-0.1, -0.05) is 0 Å². The van der Waals surface area contributed by atoms with Gasteiger partial charge >= 0.3 is 0 Å². The van der Waals surface area contributed by atoms with Crippen LogP contribution in [0.2, 0.25) is 0 Å². The van der Waals surface area contributed by atoms with Gasteiger partial charge in [0.2, 0.25) is 0 Å². The lowest BCUT2D eigenvalue weighted by Gasteiger charge is -2.26. The molecule has 3 N–H and O–H groups in total. The van der Waals surface area contributed by atoms with Crippen LogP contribution < -0.4 is 15.8 Å². The van der Waals surface area contributed by atoms with Crippen LogP contribution in [-0.2, 0) is 0 Å². The first kappa shape index (κ1) is 14.0. The normalized spacial score (nSPS) is 16.2. The summed E-state index contributed by atoms with van der Waals surface area (Å²) >= 11 is 0. The number of ether oxygens (including phenoxy) is 1. The van der Waals surface area contributed by atoms with Crippen LogP contribution in [0, 0.1) is 0 Å². The van der Waals surface area contributed by atoms with Gasteiger partial charge in [0, 0.05) is 44.2 Å². The summed E-state index contributed by atoms with van der Waals surface area (Å²) in [5, 5.41) is 4.22. The van der Waals surface area contributed by atoms with Gasteiger partial charge in [0.25, 0.3) is 0 Å². The Morgan fingerprint density at radius 1 is 1.24 bits per heavy atom. The predicted octanol–water partition coefficient (Wildman–Crippen LogP) is 0.886. The predicted molar refractivity (Wildman–Crippen MR) is 83.4 cm³/mol. The van der Waals surface area contributed by atoms with E-state index in [0.29, 0.717) is 5.82 Å². The number of hydrogen-bond acceptors (Lipinski definition) is 6. The van der Waals surface area contributed by atoms with Crippen LogP contribution in [0.25, 0.3) is 10.9 Å². The van der Waals surface area contributed by atoms with E-state index in [2.05, 4.69) is 20.2 Å². The third-order valence-electron chi connectivity index (χ3n) is 3.74. The Morgan fingerprint density at radius 3 is 2.95 bits per heavy atom. The van der Waals surface area contributed by atoms with Crippen molar-refractivity contribution < 1.29 is 4.74 Å². The largest absolute Gasteiger partial charge is 0.493 e. The molecule has 0 saturated carbocycles. The summed E-state index contributed by atoms with van der Waals surface area (Å²) in [6.07, 6.45) is 2.51. The van der Waals surface area contributed by atoms with Crippen LogP contribution in [-0.4, -0.2) is 54.2 Å². The number of nitrogens with two attached hydrogens (primary N) is 1. The zero-order chi connectivity index (χ0) is 14.5. The lowest BCUT2D eigenvalue weighted by molar-refractivity contribution is 0.214. The van der Waals surface area contributed by atoms with Crippen molar-refractivity contribution in [2.45, 2.75) is 6.42 Å². The van der Waals surface area contributed by atoms with E-state index in [9.17, 15) is 0 Å². The monoisotopic (exact) mass is 287 g/mol. The highest BCUT2D eigenvalue weighted by Gasteiger charge is 2.08. The number of nitrogen functional groups attached to an aromatic ring is 1. The first-order chi connectivity index (χ1) is 10.3. The number of nitrogens with zero attached hydrogens (tertiary/aromatic N) is 3. The van der Waals surface area contributed by atoms with E-state index in [1.54, 1.807) is 0 Å². The number of rotatable bonds is 5. The molecule has 6 nitrogen and oxygen atoms in total. The molecule has 1 aromatic carbocycles. The number of hydrogen-bond donors (Lipinski definition) is 2. The molecule has 0 aliphatic carbocycles. The van der Waals surface area contributed by atoms with Crippen molar-refractivity contribution in [2.75, 3.05) is 45.1 Å². The van der Waals surface area contributed by atoms with Gasteiger partial charge in [-0.2, -0.15) is 0 Å². The Kier molecular flexibility index (Phi) is 4.47. The molecule has 0 unspecified atom stereocenters. The minimum atomic E-state index is 0.505. The summed E-state index contributed by atoms with van der Waals surface area (Å²) in [7, 11) is 0. The highest BCUT2D eigenvalue weighted by Crippen LogP contribution is 2.22. The highest BCUT2D eigenvalue weighted by molar-refractivity contribution is 5.88. The number of benzene rings is 1. The molecule has 21 heavy (non-hydrogen) atoms. The van der Waals surface area contributed by atoms with Crippen LogP contribution in [0.3, 0.4) is 0 Å². The number of nitrogens with one attached hydrogen (secondary N) is 1. The molecule has 2 heterocycles. The van der Waals surface area contributed by atoms with E-state index in [1.165, 1.54) is 6.33 Å². The van der Waals surface area contributed by atoms with Gasteiger partial charge < -0.3 is 20.7 Å². The fourth-order valence-corrected chi connectivity index (χ4v) is 2.56. The topological polar surface area (TPSA) is 76.3 Å². The minimum absolute atomic E-state index is 0.505. The van der Waals surface area contributed by atoms with Gasteiger partial charge in [-0.25, -0.2) is 9.97 Å². The molecule has 0 radical (unpaired) electrons. The third kappa shape index (κ3) is 3.59. The molecule has 0 bridgehead atoms. The molecule has 1 saturated heterocycles. The fourth-order valence-electron chi connectivity index (χ4n) is 2.56. The quantitative estimate of drug-likeness (QED) is 0.795. The second-order valence-electron chi connectivity index (χ2n) is 5.23. The Morgan fingerprint density at radius 2 is 2.10 bits per heavy atom. The third-order valence-corrected chi connectivity index (χ3v) is 3.74. The van der Waals surface area contributed by atoms with Crippen molar-refractivity contribution in [1.29, 1.82) is 0 Å². The number of aromatic nitrogens is 2. The van der Waals surface area contributed by atoms with Crippen molar-refractivity contribution in [3.8, 4) is 5.75 Å². The molecular weight excluding hydrogens is 266 g/mol. The Bertz CT molecular complexity index is 598. The molecule has 0 amide bonds. The van der Waals surface area contributed by atoms with Gasteiger partial charge in [-0.05, 0) is 18.6 Å². The van der Waals surface area contributed by atoms with E-state index in [0.717, 1.165) is 62.4 Å².